The number of hydrogen-bond donors (Lipinski definition) is 0. The topological polar surface area (TPSA) is 34.9 Å². The lowest BCUT2D eigenvalue weighted by atomic mass is 10.1. The van der Waals surface area contributed by atoms with E-state index >= 15 is 0 Å². The zero-order valence-corrected chi connectivity index (χ0v) is 12.6. The van der Waals surface area contributed by atoms with Crippen LogP contribution < -0.4 is 0 Å². The Morgan fingerprint density at radius 1 is 1.24 bits per heavy atom. The van der Waals surface area contributed by atoms with Gasteiger partial charge in [0.2, 0.25) is 0 Å². The lowest BCUT2D eigenvalue weighted by Crippen LogP contribution is -2.16. The number of aromatic nitrogens is 2. The van der Waals surface area contributed by atoms with Gasteiger partial charge >= 0.3 is 0 Å². The van der Waals surface area contributed by atoms with Gasteiger partial charge in [-0.1, -0.05) is 37.3 Å². The van der Waals surface area contributed by atoms with Gasteiger partial charge in [0.05, 0.1) is 11.2 Å². The molecule has 2 aromatic heterocycles. The highest BCUT2D eigenvalue weighted by Crippen LogP contribution is 2.29. The number of carbonyl (C=O) groups excluding carboxylic acids is 1. The molecule has 0 aliphatic rings. The summed E-state index contributed by atoms with van der Waals surface area (Å²) in [7, 11) is 0. The van der Waals surface area contributed by atoms with Crippen molar-refractivity contribution >= 4 is 17.1 Å². The molecule has 0 N–H and O–H groups in total. The average Bonchev–Trinajstić information content (AvgIpc) is 3.18. The van der Waals surface area contributed by atoms with Gasteiger partial charge in [-0.25, -0.2) is 4.98 Å². The van der Waals surface area contributed by atoms with Crippen molar-refractivity contribution < 1.29 is 4.79 Å². The van der Waals surface area contributed by atoms with E-state index in [9.17, 15) is 4.79 Å². The van der Waals surface area contributed by atoms with Crippen molar-refractivity contribution in [2.24, 2.45) is 5.92 Å². The third kappa shape index (κ3) is 3.11. The molecule has 2 heterocycles. The Bertz CT molecular complexity index is 716. The first-order chi connectivity index (χ1) is 10.2. The van der Waals surface area contributed by atoms with E-state index in [0.29, 0.717) is 6.54 Å². The van der Waals surface area contributed by atoms with Crippen molar-refractivity contribution in [3.05, 3.63) is 66.1 Å². The maximum atomic E-state index is 12.5. The zero-order chi connectivity index (χ0) is 14.7. The first-order valence-electron chi connectivity index (χ1n) is 6.89. The van der Waals surface area contributed by atoms with Crippen LogP contribution in [0.3, 0.4) is 0 Å². The van der Waals surface area contributed by atoms with Crippen LogP contribution in [0.5, 0.6) is 0 Å². The van der Waals surface area contributed by atoms with E-state index < -0.39 is 0 Å². The van der Waals surface area contributed by atoms with Crippen molar-refractivity contribution in [1.82, 2.24) is 9.55 Å². The summed E-state index contributed by atoms with van der Waals surface area (Å²) in [6, 6.07) is 14.1. The van der Waals surface area contributed by atoms with Crippen molar-refractivity contribution in [2.75, 3.05) is 0 Å². The van der Waals surface area contributed by atoms with Crippen molar-refractivity contribution in [1.29, 1.82) is 0 Å². The average molecular weight is 296 g/mol. The molecule has 4 heteroatoms. The molecule has 0 aliphatic carbocycles. The third-order valence-corrected chi connectivity index (χ3v) is 4.55. The monoisotopic (exact) mass is 296 g/mol. The van der Waals surface area contributed by atoms with Crippen molar-refractivity contribution in [3.63, 3.8) is 0 Å². The number of ketones is 1. The van der Waals surface area contributed by atoms with E-state index in [-0.39, 0.29) is 11.7 Å². The summed E-state index contributed by atoms with van der Waals surface area (Å²) in [6.45, 7) is 2.63. The highest BCUT2D eigenvalue weighted by Gasteiger charge is 2.18. The molecule has 3 nitrogen and oxygen atoms in total. The second-order valence-corrected chi connectivity index (χ2v) is 6.14. The van der Waals surface area contributed by atoms with Gasteiger partial charge in [-0.3, -0.25) is 4.79 Å². The van der Waals surface area contributed by atoms with E-state index in [1.165, 1.54) is 0 Å². The van der Waals surface area contributed by atoms with E-state index in [0.717, 1.165) is 15.3 Å². The maximum Gasteiger partial charge on any atom is 0.177 e. The number of nitrogens with zero attached hydrogens (tertiary/aromatic N) is 2. The van der Waals surface area contributed by atoms with Crippen LogP contribution in [0.25, 0.3) is 10.4 Å². The molecule has 1 unspecified atom stereocenters. The Morgan fingerprint density at radius 3 is 2.76 bits per heavy atom. The molecule has 1 aromatic carbocycles. The Hall–Kier alpha value is -2.20. The number of rotatable bonds is 5. The molecule has 0 radical (unpaired) electrons. The fourth-order valence-electron chi connectivity index (χ4n) is 2.26. The van der Waals surface area contributed by atoms with Crippen LogP contribution >= 0.6 is 11.3 Å². The van der Waals surface area contributed by atoms with Crippen molar-refractivity contribution in [2.45, 2.75) is 13.5 Å². The van der Waals surface area contributed by atoms with Crippen LogP contribution in [0.15, 0.2) is 61.2 Å². The predicted octanol–water partition coefficient (Wildman–Crippen LogP) is 4.13. The van der Waals surface area contributed by atoms with E-state index in [2.05, 4.69) is 17.1 Å². The van der Waals surface area contributed by atoms with Gasteiger partial charge in [-0.15, -0.1) is 11.3 Å². The van der Waals surface area contributed by atoms with Crippen LogP contribution in [0.4, 0.5) is 0 Å². The summed E-state index contributed by atoms with van der Waals surface area (Å²) in [5.41, 5.74) is 1.16. The molecule has 0 saturated heterocycles. The van der Waals surface area contributed by atoms with Crippen molar-refractivity contribution in [3.8, 4) is 10.4 Å². The van der Waals surface area contributed by atoms with Gasteiger partial charge in [-0.05, 0) is 17.7 Å². The SMILES string of the molecule is CC(Cn1ccnc1)C(=O)c1ccc(-c2ccccc2)s1. The van der Waals surface area contributed by atoms with Crippen LogP contribution in [-0.2, 0) is 6.54 Å². The molecule has 21 heavy (non-hydrogen) atoms. The summed E-state index contributed by atoms with van der Waals surface area (Å²) < 4.78 is 1.94. The Labute approximate surface area is 127 Å². The summed E-state index contributed by atoms with van der Waals surface area (Å²) in [5, 5.41) is 0. The summed E-state index contributed by atoms with van der Waals surface area (Å²) >= 11 is 1.56. The zero-order valence-electron chi connectivity index (χ0n) is 11.8. The van der Waals surface area contributed by atoms with E-state index in [1.54, 1.807) is 23.9 Å². The van der Waals surface area contributed by atoms with Gasteiger partial charge in [0.25, 0.3) is 0 Å². The minimum absolute atomic E-state index is 0.0542. The minimum Gasteiger partial charge on any atom is -0.337 e. The molecule has 0 saturated carbocycles. The molecule has 3 aromatic rings. The molecule has 0 amide bonds. The standard InChI is InChI=1S/C17H16N2OS/c1-13(11-19-10-9-18-12-19)17(20)16-8-7-15(21-16)14-5-3-2-4-6-14/h2-10,12-13H,11H2,1H3. The fraction of sp³-hybridized carbons (Fsp3) is 0.176. The largest absolute Gasteiger partial charge is 0.337 e. The third-order valence-electron chi connectivity index (χ3n) is 3.40. The summed E-state index contributed by atoms with van der Waals surface area (Å²) in [6.07, 6.45) is 5.36. The second-order valence-electron chi connectivity index (χ2n) is 5.05. The Morgan fingerprint density at radius 2 is 2.05 bits per heavy atom. The normalized spacial score (nSPS) is 12.2. The molecule has 3 rings (SSSR count). The van der Waals surface area contributed by atoms with Gasteiger partial charge < -0.3 is 4.57 Å². The highest BCUT2D eigenvalue weighted by atomic mass is 32.1. The first kappa shape index (κ1) is 13.8. The first-order valence-corrected chi connectivity index (χ1v) is 7.71. The number of imidazole rings is 1. The number of carbonyl (C=O) groups is 1. The van der Waals surface area contributed by atoms with Crippen LogP contribution in [0, 0.1) is 5.92 Å². The van der Waals surface area contributed by atoms with Gasteiger partial charge in [0.1, 0.15) is 0 Å². The molecule has 0 aliphatic heterocycles. The molecule has 1 atom stereocenters. The Kier molecular flexibility index (Phi) is 3.97. The Balaban J connectivity index is 1.75. The smallest absolute Gasteiger partial charge is 0.177 e. The fourth-order valence-corrected chi connectivity index (χ4v) is 3.33. The molecule has 0 spiro atoms. The second kappa shape index (κ2) is 6.06. The van der Waals surface area contributed by atoms with Gasteiger partial charge in [0, 0.05) is 29.7 Å². The summed E-state index contributed by atoms with van der Waals surface area (Å²) in [5.74, 6) is 0.136. The molecule has 106 valence electrons. The van der Waals surface area contributed by atoms with E-state index in [1.807, 2.05) is 48.0 Å². The highest BCUT2D eigenvalue weighted by molar-refractivity contribution is 7.17. The number of Topliss-reactive ketones (excluding diaryl/α,β-unsaturated/α-hetero) is 1. The number of benzene rings is 1. The molecular weight excluding hydrogens is 280 g/mol. The lowest BCUT2D eigenvalue weighted by Gasteiger charge is -2.09. The van der Waals surface area contributed by atoms with Crippen LogP contribution in [-0.4, -0.2) is 15.3 Å². The van der Waals surface area contributed by atoms with Gasteiger partial charge in [0.15, 0.2) is 5.78 Å². The van der Waals surface area contributed by atoms with E-state index in [4.69, 9.17) is 0 Å². The predicted molar refractivity (Wildman–Crippen MR) is 85.5 cm³/mol. The quantitative estimate of drug-likeness (QED) is 0.663. The minimum atomic E-state index is -0.0542. The molecular formula is C17H16N2OS. The number of thiophene rings is 1. The summed E-state index contributed by atoms with van der Waals surface area (Å²) in [4.78, 5) is 18.5. The maximum absolute atomic E-state index is 12.5. The molecule has 0 bridgehead atoms. The lowest BCUT2D eigenvalue weighted by molar-refractivity contribution is 0.0922. The number of hydrogen-bond acceptors (Lipinski definition) is 3. The van der Waals surface area contributed by atoms with Crippen LogP contribution in [0.1, 0.15) is 16.6 Å². The van der Waals surface area contributed by atoms with Crippen LogP contribution in [0.2, 0.25) is 0 Å². The molecule has 0 fully saturated rings. The van der Waals surface area contributed by atoms with Gasteiger partial charge in [-0.2, -0.15) is 0 Å².